The van der Waals surface area contributed by atoms with Crippen molar-refractivity contribution in [3.8, 4) is 0 Å². The lowest BCUT2D eigenvalue weighted by atomic mass is 11.8. The van der Waals surface area contributed by atoms with Crippen molar-refractivity contribution in [1.82, 2.24) is 0 Å². The second kappa shape index (κ2) is 5.39. The molecule has 92 valence electrons. The Kier molecular flexibility index (Phi) is 5.65. The van der Waals surface area contributed by atoms with Crippen molar-refractivity contribution in [1.29, 1.82) is 0 Å². The highest BCUT2D eigenvalue weighted by Gasteiger charge is 2.40. The van der Waals surface area contributed by atoms with Crippen LogP contribution in [0.2, 0.25) is 45.8 Å². The minimum Gasteiger partial charge on any atom is -0.437 e. The summed E-state index contributed by atoms with van der Waals surface area (Å²) in [5, 5.41) is 0. The van der Waals surface area contributed by atoms with Crippen molar-refractivity contribution < 1.29 is 12.7 Å². The molecule has 0 N–H and O–H groups in total. The maximum atomic E-state index is 6.23. The van der Waals surface area contributed by atoms with Gasteiger partial charge in [-0.15, -0.1) is 0 Å². The van der Waals surface area contributed by atoms with E-state index in [0.29, 0.717) is 0 Å². The Bertz CT molecular complexity index is 199. The van der Waals surface area contributed by atoms with Crippen LogP contribution in [0.5, 0.6) is 0 Å². The largest absolute Gasteiger partial charge is 0.437 e. The highest BCUT2D eigenvalue weighted by molar-refractivity contribution is 7.19. The molecule has 0 saturated carbocycles. The Morgan fingerprint density at radius 1 is 0.867 bits per heavy atom. The summed E-state index contributed by atoms with van der Waals surface area (Å²) in [6.45, 7) is 15.3. The molecule has 0 rings (SSSR count). The van der Waals surface area contributed by atoms with E-state index in [9.17, 15) is 0 Å². The van der Waals surface area contributed by atoms with Crippen LogP contribution in [-0.2, 0) is 12.7 Å². The van der Waals surface area contributed by atoms with Crippen LogP contribution in [0.1, 0.15) is 0 Å². The third kappa shape index (κ3) is 6.82. The minimum absolute atomic E-state index is 0.237. The second-order valence-corrected chi connectivity index (χ2v) is 23.4. The monoisotopic (exact) mass is 282 g/mol. The molecule has 0 radical (unpaired) electrons. The molecule has 0 bridgehead atoms. The minimum atomic E-state index is -1.98. The Morgan fingerprint density at radius 2 is 1.33 bits per heavy atom. The molecule has 1 atom stereocenters. The molecule has 0 aliphatic rings. The quantitative estimate of drug-likeness (QED) is 0.697. The molecule has 0 heterocycles. The average Bonchev–Trinajstić information content (AvgIpc) is 1.98. The molecule has 3 nitrogen and oxygen atoms in total. The molecule has 0 aliphatic carbocycles. The van der Waals surface area contributed by atoms with Crippen molar-refractivity contribution in [3.05, 3.63) is 0 Å². The molecule has 0 spiro atoms. The third-order valence-corrected chi connectivity index (χ3v) is 18.4. The fourth-order valence-electron chi connectivity index (χ4n) is 1.54. The first kappa shape index (κ1) is 15.7. The van der Waals surface area contributed by atoms with E-state index in [1.54, 1.807) is 7.11 Å². The van der Waals surface area contributed by atoms with Crippen molar-refractivity contribution in [3.63, 3.8) is 0 Å². The van der Waals surface area contributed by atoms with Crippen molar-refractivity contribution in [2.75, 3.05) is 7.11 Å². The highest BCUT2D eigenvalue weighted by Crippen LogP contribution is 2.19. The van der Waals surface area contributed by atoms with E-state index in [-0.39, 0.29) is 9.04 Å². The fourth-order valence-corrected chi connectivity index (χ4v) is 18.6. The van der Waals surface area contributed by atoms with Crippen molar-refractivity contribution in [2.24, 2.45) is 0 Å². The summed E-state index contributed by atoms with van der Waals surface area (Å²) in [7, 11) is -3.77. The maximum Gasteiger partial charge on any atom is 0.312 e. The van der Waals surface area contributed by atoms with Crippen molar-refractivity contribution >= 4 is 34.0 Å². The molecule has 7 heteroatoms. The Balaban J connectivity index is 4.49. The van der Waals surface area contributed by atoms with Gasteiger partial charge in [0.25, 0.3) is 8.08 Å². The molecule has 1 unspecified atom stereocenters. The zero-order valence-electron chi connectivity index (χ0n) is 11.4. The molecule has 15 heavy (non-hydrogen) atoms. The van der Waals surface area contributed by atoms with E-state index in [1.807, 2.05) is 0 Å². The van der Waals surface area contributed by atoms with Gasteiger partial charge in [0, 0.05) is 7.11 Å². The van der Waals surface area contributed by atoms with Crippen LogP contribution in [-0.4, -0.2) is 41.1 Å². The summed E-state index contributed by atoms with van der Waals surface area (Å²) in [4.78, 5) is 0. The lowest BCUT2D eigenvalue weighted by molar-refractivity contribution is 0.293. The molecular weight excluding hydrogens is 256 g/mol. The topological polar surface area (TPSA) is 27.7 Å². The summed E-state index contributed by atoms with van der Waals surface area (Å²) < 4.78 is 18.0. The molecular formula is C8H26O3Si4. The van der Waals surface area contributed by atoms with E-state index < -0.39 is 25.0 Å². The fraction of sp³-hybridized carbons (Fsp3) is 1.00. The van der Waals surface area contributed by atoms with Crippen LogP contribution in [0.15, 0.2) is 0 Å². The lowest BCUT2D eigenvalue weighted by Gasteiger charge is -2.37. The van der Waals surface area contributed by atoms with Crippen LogP contribution < -0.4 is 0 Å². The van der Waals surface area contributed by atoms with E-state index in [2.05, 4.69) is 45.8 Å². The molecule has 0 aliphatic heterocycles. The first-order valence-electron chi connectivity index (χ1n) is 5.49. The summed E-state index contributed by atoms with van der Waals surface area (Å²) in [6, 6.07) is 0. The normalized spacial score (nSPS) is 18.4. The Morgan fingerprint density at radius 3 is 1.60 bits per heavy atom. The lowest BCUT2D eigenvalue weighted by Crippen LogP contribution is -2.56. The average molecular weight is 283 g/mol. The first-order valence-corrected chi connectivity index (χ1v) is 17.8. The van der Waals surface area contributed by atoms with E-state index in [4.69, 9.17) is 12.7 Å². The van der Waals surface area contributed by atoms with E-state index in [0.717, 1.165) is 0 Å². The van der Waals surface area contributed by atoms with Crippen LogP contribution in [0, 0.1) is 0 Å². The van der Waals surface area contributed by atoms with Gasteiger partial charge in [-0.25, -0.2) is 0 Å². The second-order valence-electron chi connectivity index (χ2n) is 5.41. The molecule has 0 fully saturated rings. The van der Waals surface area contributed by atoms with Gasteiger partial charge in [0.1, 0.15) is 0 Å². The predicted octanol–water partition coefficient (Wildman–Crippen LogP) is 1.99. The van der Waals surface area contributed by atoms with Crippen molar-refractivity contribution in [2.45, 2.75) is 45.8 Å². The number of rotatable bonds is 6. The zero-order valence-corrected chi connectivity index (χ0v) is 15.8. The SMILES string of the molecule is CO[Si](C)(O[Si](C)(C)O[Si](C)(C)C)[SiH2]C. The molecule has 0 aromatic heterocycles. The molecule has 0 aromatic carbocycles. The van der Waals surface area contributed by atoms with Gasteiger partial charge < -0.3 is 12.7 Å². The summed E-state index contributed by atoms with van der Waals surface area (Å²) in [6.07, 6.45) is 0. The van der Waals surface area contributed by atoms with E-state index in [1.165, 1.54) is 0 Å². The third-order valence-electron chi connectivity index (χ3n) is 2.09. The Labute approximate surface area is 99.8 Å². The Hall–Kier alpha value is 0.748. The molecule has 0 saturated heterocycles. The summed E-state index contributed by atoms with van der Waals surface area (Å²) in [5.74, 6) is 0. The van der Waals surface area contributed by atoms with Crippen LogP contribution in [0.4, 0.5) is 0 Å². The molecule has 0 aromatic rings. The van der Waals surface area contributed by atoms with Gasteiger partial charge >= 0.3 is 8.56 Å². The van der Waals surface area contributed by atoms with Gasteiger partial charge in [-0.1, -0.05) is 6.55 Å². The summed E-state index contributed by atoms with van der Waals surface area (Å²) >= 11 is 0. The van der Waals surface area contributed by atoms with Gasteiger partial charge in [-0.05, 0) is 39.3 Å². The van der Waals surface area contributed by atoms with Crippen LogP contribution in [0.3, 0.4) is 0 Å². The van der Waals surface area contributed by atoms with E-state index >= 15 is 0 Å². The van der Waals surface area contributed by atoms with Gasteiger partial charge in [0.15, 0.2) is 8.32 Å². The van der Waals surface area contributed by atoms with Crippen LogP contribution in [0.25, 0.3) is 0 Å². The predicted molar refractivity (Wildman–Crippen MR) is 76.0 cm³/mol. The zero-order chi connectivity index (χ0) is 12.3. The highest BCUT2D eigenvalue weighted by atomic mass is 29.2. The number of hydrogen-bond donors (Lipinski definition) is 0. The van der Waals surface area contributed by atoms with Gasteiger partial charge in [0.05, 0.1) is 9.04 Å². The van der Waals surface area contributed by atoms with Gasteiger partial charge in [-0.2, -0.15) is 0 Å². The maximum absolute atomic E-state index is 6.23. The van der Waals surface area contributed by atoms with Crippen LogP contribution >= 0.6 is 0 Å². The first-order chi connectivity index (χ1) is 6.54. The van der Waals surface area contributed by atoms with Gasteiger partial charge in [0.2, 0.25) is 0 Å². The summed E-state index contributed by atoms with van der Waals surface area (Å²) in [5.41, 5.74) is 0. The smallest absolute Gasteiger partial charge is 0.312 e. The standard InChI is InChI=1S/C8H26O3Si4/c1-9-15(8,12-2)11-14(6,7)10-13(3,4)5/h12H2,1-8H3. The van der Waals surface area contributed by atoms with Gasteiger partial charge in [-0.3, -0.25) is 0 Å². The number of hydrogen-bond acceptors (Lipinski definition) is 3. The molecule has 0 amide bonds.